The van der Waals surface area contributed by atoms with Crippen LogP contribution in [0.15, 0.2) is 30.9 Å². The lowest BCUT2D eigenvalue weighted by Crippen LogP contribution is -2.36. The number of hydrogen-bond acceptors (Lipinski definition) is 2. The van der Waals surface area contributed by atoms with Crippen molar-refractivity contribution in [1.82, 2.24) is 4.57 Å². The van der Waals surface area contributed by atoms with Crippen molar-refractivity contribution >= 4 is 11.6 Å². The van der Waals surface area contributed by atoms with Crippen molar-refractivity contribution in [3.63, 3.8) is 0 Å². The molecule has 0 spiro atoms. The molecule has 1 aromatic heterocycles. The topological polar surface area (TPSA) is 43.0 Å². The Labute approximate surface area is 185 Å². The number of ketones is 2. The highest BCUT2D eigenvalue weighted by Crippen LogP contribution is 2.23. The second kappa shape index (κ2) is 8.62. The molecule has 0 unspecified atom stereocenters. The van der Waals surface area contributed by atoms with Crippen LogP contribution in [-0.2, 0) is 13.1 Å². The first-order valence-electron chi connectivity index (χ1n) is 10.8. The number of hydrogen-bond donors (Lipinski definition) is 0. The lowest BCUT2D eigenvalue weighted by Gasteiger charge is -2.13. The third-order valence-corrected chi connectivity index (χ3v) is 6.69. The molecule has 0 aliphatic rings. The summed E-state index contributed by atoms with van der Waals surface area (Å²) in [6, 6.07) is 4.27. The van der Waals surface area contributed by atoms with Gasteiger partial charge in [-0.25, -0.2) is 9.13 Å². The van der Waals surface area contributed by atoms with Gasteiger partial charge in [0.1, 0.15) is 12.4 Å². The monoisotopic (exact) mass is 417 g/mol. The Bertz CT molecular complexity index is 1050. The van der Waals surface area contributed by atoms with Crippen LogP contribution in [0.3, 0.4) is 0 Å². The maximum Gasteiger partial charge on any atom is 0.244 e. The third-order valence-electron chi connectivity index (χ3n) is 6.69. The van der Waals surface area contributed by atoms with E-state index in [0.29, 0.717) is 0 Å². The van der Waals surface area contributed by atoms with Gasteiger partial charge in [0, 0.05) is 11.1 Å². The van der Waals surface area contributed by atoms with E-state index in [1.165, 1.54) is 0 Å². The number of carbonyl (C=O) groups excluding carboxylic acids is 2. The first-order valence-corrected chi connectivity index (χ1v) is 10.8. The van der Waals surface area contributed by atoms with Crippen LogP contribution >= 0.6 is 0 Å². The van der Waals surface area contributed by atoms with Gasteiger partial charge < -0.3 is 0 Å². The SMILES string of the molecule is Cc1cc(C)c(C)c(C(=O)Cn2cc[n+](CC(=O)c3c(C)c(C)cc(C)c3C)c2)c1C. The van der Waals surface area contributed by atoms with Crippen molar-refractivity contribution in [3.05, 3.63) is 86.5 Å². The highest BCUT2D eigenvalue weighted by atomic mass is 16.1. The zero-order valence-electron chi connectivity index (χ0n) is 20.0. The summed E-state index contributed by atoms with van der Waals surface area (Å²) in [6.07, 6.45) is 5.57. The molecule has 4 heteroatoms. The van der Waals surface area contributed by atoms with Gasteiger partial charge in [0.05, 0.1) is 0 Å². The van der Waals surface area contributed by atoms with E-state index in [4.69, 9.17) is 0 Å². The molecule has 0 radical (unpaired) electrons. The molecular formula is C27H33N2O2+. The van der Waals surface area contributed by atoms with E-state index in [0.717, 1.165) is 55.6 Å². The molecule has 162 valence electrons. The van der Waals surface area contributed by atoms with E-state index in [-0.39, 0.29) is 24.7 Å². The molecule has 0 saturated carbocycles. The van der Waals surface area contributed by atoms with Gasteiger partial charge in [0.2, 0.25) is 17.9 Å². The van der Waals surface area contributed by atoms with Crippen molar-refractivity contribution in [3.8, 4) is 0 Å². The van der Waals surface area contributed by atoms with Gasteiger partial charge in [-0.2, -0.15) is 0 Å². The predicted octanol–water partition coefficient (Wildman–Crippen LogP) is 5.01. The fourth-order valence-corrected chi connectivity index (χ4v) is 4.39. The van der Waals surface area contributed by atoms with Gasteiger partial charge in [-0.1, -0.05) is 12.1 Å². The van der Waals surface area contributed by atoms with Crippen molar-refractivity contribution in [1.29, 1.82) is 0 Å². The number of carbonyl (C=O) groups is 2. The van der Waals surface area contributed by atoms with Crippen molar-refractivity contribution < 1.29 is 14.2 Å². The highest BCUT2D eigenvalue weighted by molar-refractivity contribution is 5.99. The summed E-state index contributed by atoms with van der Waals surface area (Å²) in [6.45, 7) is 16.7. The molecule has 3 rings (SSSR count). The molecule has 0 aliphatic carbocycles. The molecule has 2 aromatic carbocycles. The van der Waals surface area contributed by atoms with Gasteiger partial charge in [-0.3, -0.25) is 9.59 Å². The lowest BCUT2D eigenvalue weighted by molar-refractivity contribution is -0.682. The molecule has 4 nitrogen and oxygen atoms in total. The smallest absolute Gasteiger partial charge is 0.244 e. The molecule has 0 bridgehead atoms. The number of imidazole rings is 1. The Morgan fingerprint density at radius 3 is 1.58 bits per heavy atom. The molecule has 0 N–H and O–H groups in total. The van der Waals surface area contributed by atoms with E-state index >= 15 is 0 Å². The minimum Gasteiger partial charge on any atom is -0.290 e. The van der Waals surface area contributed by atoms with Crippen LogP contribution in [0.4, 0.5) is 0 Å². The van der Waals surface area contributed by atoms with E-state index in [9.17, 15) is 9.59 Å². The quantitative estimate of drug-likeness (QED) is 0.418. The third kappa shape index (κ3) is 4.39. The normalized spacial score (nSPS) is 11.1. The maximum absolute atomic E-state index is 13.1. The van der Waals surface area contributed by atoms with Gasteiger partial charge in [0.25, 0.3) is 0 Å². The zero-order chi connectivity index (χ0) is 23.0. The van der Waals surface area contributed by atoms with E-state index in [1.807, 2.05) is 83.2 Å². The average Bonchev–Trinajstić information content (AvgIpc) is 3.12. The number of benzene rings is 2. The minimum atomic E-state index is 0.0943. The van der Waals surface area contributed by atoms with Gasteiger partial charge in [-0.15, -0.1) is 0 Å². The summed E-state index contributed by atoms with van der Waals surface area (Å²) in [4.78, 5) is 26.2. The summed E-state index contributed by atoms with van der Waals surface area (Å²) < 4.78 is 3.71. The number of rotatable bonds is 6. The number of Topliss-reactive ketones (excluding diaryl/α,β-unsaturated/α-hetero) is 2. The molecule has 0 atom stereocenters. The summed E-state index contributed by atoms with van der Waals surface area (Å²) in [5.41, 5.74) is 10.4. The van der Waals surface area contributed by atoms with Gasteiger partial charge >= 0.3 is 0 Å². The molecule has 0 amide bonds. The second-order valence-electron chi connectivity index (χ2n) is 8.88. The Morgan fingerprint density at radius 1 is 0.710 bits per heavy atom. The number of nitrogens with zero attached hydrogens (tertiary/aromatic N) is 2. The molecule has 1 heterocycles. The van der Waals surface area contributed by atoms with Crippen LogP contribution in [-0.4, -0.2) is 16.1 Å². The number of aromatic nitrogens is 2. The molecule has 31 heavy (non-hydrogen) atoms. The first-order chi connectivity index (χ1) is 14.5. The summed E-state index contributed by atoms with van der Waals surface area (Å²) in [7, 11) is 0. The lowest BCUT2D eigenvalue weighted by atomic mass is 9.91. The summed E-state index contributed by atoms with van der Waals surface area (Å²) in [5, 5.41) is 0. The predicted molar refractivity (Wildman–Crippen MR) is 124 cm³/mol. The van der Waals surface area contributed by atoms with Crippen LogP contribution in [0, 0.1) is 55.4 Å². The van der Waals surface area contributed by atoms with Crippen molar-refractivity contribution in [2.75, 3.05) is 0 Å². The molecule has 0 aliphatic heterocycles. The number of aryl methyl sites for hydroxylation is 4. The first kappa shape index (κ1) is 22.7. The van der Waals surface area contributed by atoms with Crippen LogP contribution in [0.25, 0.3) is 0 Å². The Kier molecular flexibility index (Phi) is 6.30. The van der Waals surface area contributed by atoms with Crippen molar-refractivity contribution in [2.24, 2.45) is 0 Å². The average molecular weight is 418 g/mol. The second-order valence-corrected chi connectivity index (χ2v) is 8.88. The Balaban J connectivity index is 1.81. The molecule has 0 saturated heterocycles. The summed E-state index contributed by atoms with van der Waals surface area (Å²) >= 11 is 0. The standard InChI is InChI=1S/C27H33N2O2/c1-16-11-17(2)21(6)26(20(16)5)24(30)13-28-9-10-29(15-28)14-25(31)27-22(7)18(3)12-19(4)23(27)8/h9-12,15H,13-14H2,1-8H3/q+1. The van der Waals surface area contributed by atoms with Crippen molar-refractivity contribution in [2.45, 2.75) is 68.5 Å². The van der Waals surface area contributed by atoms with E-state index < -0.39 is 0 Å². The molecule has 0 fully saturated rings. The molecular weight excluding hydrogens is 384 g/mol. The van der Waals surface area contributed by atoms with Gasteiger partial charge in [0.15, 0.2) is 13.1 Å². The fraction of sp³-hybridized carbons (Fsp3) is 0.370. The fourth-order valence-electron chi connectivity index (χ4n) is 4.39. The van der Waals surface area contributed by atoms with E-state index in [2.05, 4.69) is 12.1 Å². The largest absolute Gasteiger partial charge is 0.290 e. The minimum absolute atomic E-state index is 0.0943. The summed E-state index contributed by atoms with van der Waals surface area (Å²) in [5.74, 6) is 0.189. The Hall–Kier alpha value is -3.01. The highest BCUT2D eigenvalue weighted by Gasteiger charge is 2.21. The van der Waals surface area contributed by atoms with Crippen LogP contribution in [0.5, 0.6) is 0 Å². The van der Waals surface area contributed by atoms with Crippen LogP contribution in [0.1, 0.15) is 65.2 Å². The maximum atomic E-state index is 13.1. The zero-order valence-corrected chi connectivity index (χ0v) is 20.0. The van der Waals surface area contributed by atoms with Crippen LogP contribution in [0.2, 0.25) is 0 Å². The van der Waals surface area contributed by atoms with E-state index in [1.54, 1.807) is 0 Å². The molecule has 3 aromatic rings. The Morgan fingerprint density at radius 2 is 1.13 bits per heavy atom. The van der Waals surface area contributed by atoms with Gasteiger partial charge in [-0.05, 0) is 99.9 Å². The van der Waals surface area contributed by atoms with Crippen LogP contribution < -0.4 is 4.57 Å².